The van der Waals surface area contributed by atoms with Crippen LogP contribution in [-0.2, 0) is 0 Å². The highest BCUT2D eigenvalue weighted by Crippen LogP contribution is 2.32. The van der Waals surface area contributed by atoms with E-state index in [0.29, 0.717) is 13.0 Å². The Morgan fingerprint density at radius 1 is 1.40 bits per heavy atom. The van der Waals surface area contributed by atoms with Crippen LogP contribution in [0.15, 0.2) is 34.9 Å². The molecule has 1 aromatic heterocycles. The number of carboxylic acid groups (broad SMARTS) is 1. The number of carbonyl (C=O) groups is 1. The van der Waals surface area contributed by atoms with Gasteiger partial charge in [0.05, 0.1) is 12.6 Å². The molecule has 1 saturated heterocycles. The highest BCUT2D eigenvalue weighted by atomic mass is 79.9. The normalized spacial score (nSPS) is 23.2. The molecule has 0 unspecified atom stereocenters. The SMILES string of the molecule is O=C(O)N1CC[C@@H](n2ccc3c(Br)cccc32)[C@@H](F)C1. The summed E-state index contributed by atoms with van der Waals surface area (Å²) >= 11 is 3.48. The lowest BCUT2D eigenvalue weighted by Gasteiger charge is -2.34. The van der Waals surface area contributed by atoms with E-state index in [1.54, 1.807) is 0 Å². The van der Waals surface area contributed by atoms with Gasteiger partial charge in [-0.1, -0.05) is 22.0 Å². The van der Waals surface area contributed by atoms with Crippen LogP contribution >= 0.6 is 15.9 Å². The first kappa shape index (κ1) is 13.4. The summed E-state index contributed by atoms with van der Waals surface area (Å²) in [4.78, 5) is 12.0. The molecule has 1 aliphatic rings. The van der Waals surface area contributed by atoms with Crippen molar-refractivity contribution in [1.29, 1.82) is 0 Å². The quantitative estimate of drug-likeness (QED) is 0.860. The van der Waals surface area contributed by atoms with Crippen molar-refractivity contribution in [3.05, 3.63) is 34.9 Å². The molecule has 2 heterocycles. The Morgan fingerprint density at radius 3 is 2.90 bits per heavy atom. The number of benzene rings is 1. The van der Waals surface area contributed by atoms with E-state index in [-0.39, 0.29) is 12.6 Å². The van der Waals surface area contributed by atoms with Gasteiger partial charge in [-0.15, -0.1) is 0 Å². The number of aromatic nitrogens is 1. The topological polar surface area (TPSA) is 45.5 Å². The van der Waals surface area contributed by atoms with Crippen LogP contribution in [0.1, 0.15) is 12.5 Å². The van der Waals surface area contributed by atoms with Crippen molar-refractivity contribution in [3.8, 4) is 0 Å². The molecule has 2 aromatic rings. The molecule has 4 nitrogen and oxygen atoms in total. The summed E-state index contributed by atoms with van der Waals surface area (Å²) in [5.74, 6) is 0. The van der Waals surface area contributed by atoms with E-state index in [1.165, 1.54) is 0 Å². The lowest BCUT2D eigenvalue weighted by atomic mass is 10.0. The second-order valence-electron chi connectivity index (χ2n) is 5.00. The van der Waals surface area contributed by atoms with Gasteiger partial charge in [-0.25, -0.2) is 9.18 Å². The van der Waals surface area contributed by atoms with Gasteiger partial charge in [0, 0.05) is 28.1 Å². The van der Waals surface area contributed by atoms with E-state index in [2.05, 4.69) is 15.9 Å². The van der Waals surface area contributed by atoms with Gasteiger partial charge in [0.25, 0.3) is 0 Å². The molecule has 0 spiro atoms. The molecule has 0 bridgehead atoms. The van der Waals surface area contributed by atoms with Crippen LogP contribution in [0.2, 0.25) is 0 Å². The lowest BCUT2D eigenvalue weighted by molar-refractivity contribution is 0.0807. The van der Waals surface area contributed by atoms with E-state index >= 15 is 0 Å². The average molecular weight is 341 g/mol. The number of rotatable bonds is 1. The minimum Gasteiger partial charge on any atom is -0.465 e. The van der Waals surface area contributed by atoms with Crippen LogP contribution in [0.4, 0.5) is 9.18 Å². The second kappa shape index (κ2) is 5.09. The number of likely N-dealkylation sites (tertiary alicyclic amines) is 1. The Morgan fingerprint density at radius 2 is 2.20 bits per heavy atom. The molecule has 2 atom stereocenters. The zero-order valence-corrected chi connectivity index (χ0v) is 12.3. The van der Waals surface area contributed by atoms with Crippen LogP contribution in [0.3, 0.4) is 0 Å². The molecule has 0 radical (unpaired) electrons. The number of hydrogen-bond donors (Lipinski definition) is 1. The minimum atomic E-state index is -1.19. The summed E-state index contributed by atoms with van der Waals surface area (Å²) < 4.78 is 17.2. The number of fused-ring (bicyclic) bond motifs is 1. The number of amides is 1. The molecule has 1 amide bonds. The maximum Gasteiger partial charge on any atom is 0.407 e. The minimum absolute atomic E-state index is 0.0618. The maximum atomic E-state index is 14.3. The molecule has 1 fully saturated rings. The van der Waals surface area contributed by atoms with Crippen molar-refractivity contribution in [3.63, 3.8) is 0 Å². The molecular formula is C14H14BrFN2O2. The largest absolute Gasteiger partial charge is 0.465 e. The highest BCUT2D eigenvalue weighted by Gasteiger charge is 2.32. The predicted octanol–water partition coefficient (Wildman–Crippen LogP) is 3.67. The van der Waals surface area contributed by atoms with Crippen molar-refractivity contribution >= 4 is 32.9 Å². The van der Waals surface area contributed by atoms with Crippen molar-refractivity contribution in [2.75, 3.05) is 13.1 Å². The predicted molar refractivity (Wildman–Crippen MR) is 77.8 cm³/mol. The monoisotopic (exact) mass is 340 g/mol. The van der Waals surface area contributed by atoms with Gasteiger partial charge in [0.1, 0.15) is 6.17 Å². The van der Waals surface area contributed by atoms with Crippen LogP contribution < -0.4 is 0 Å². The van der Waals surface area contributed by atoms with E-state index in [1.807, 2.05) is 35.0 Å². The first-order valence-electron chi connectivity index (χ1n) is 6.45. The summed E-state index contributed by atoms with van der Waals surface area (Å²) in [5.41, 5.74) is 0.968. The summed E-state index contributed by atoms with van der Waals surface area (Å²) in [6.07, 6.45) is 0.132. The van der Waals surface area contributed by atoms with Gasteiger partial charge < -0.3 is 14.6 Å². The van der Waals surface area contributed by atoms with Crippen molar-refractivity contribution in [1.82, 2.24) is 9.47 Å². The fraction of sp³-hybridized carbons (Fsp3) is 0.357. The number of alkyl halides is 1. The molecule has 0 aliphatic carbocycles. The molecule has 1 aliphatic heterocycles. The molecule has 6 heteroatoms. The zero-order chi connectivity index (χ0) is 14.3. The number of piperidine rings is 1. The average Bonchev–Trinajstić information content (AvgIpc) is 2.84. The fourth-order valence-electron chi connectivity index (χ4n) is 2.82. The molecule has 1 N–H and O–H groups in total. The van der Waals surface area contributed by atoms with Gasteiger partial charge in [0.2, 0.25) is 0 Å². The van der Waals surface area contributed by atoms with Gasteiger partial charge in [0.15, 0.2) is 0 Å². The van der Waals surface area contributed by atoms with E-state index in [4.69, 9.17) is 5.11 Å². The van der Waals surface area contributed by atoms with Crippen molar-refractivity contribution < 1.29 is 14.3 Å². The van der Waals surface area contributed by atoms with Gasteiger partial charge in [-0.2, -0.15) is 0 Å². The van der Waals surface area contributed by atoms with E-state index < -0.39 is 12.3 Å². The third-order valence-corrected chi connectivity index (χ3v) is 4.54. The smallest absolute Gasteiger partial charge is 0.407 e. The number of halogens is 2. The molecule has 3 rings (SSSR count). The zero-order valence-electron chi connectivity index (χ0n) is 10.7. The number of hydrogen-bond acceptors (Lipinski definition) is 1. The van der Waals surface area contributed by atoms with E-state index in [0.717, 1.165) is 20.3 Å². The summed E-state index contributed by atoms with van der Waals surface area (Å²) in [6.45, 7) is 0.307. The Kier molecular flexibility index (Phi) is 3.41. The van der Waals surface area contributed by atoms with Crippen molar-refractivity contribution in [2.24, 2.45) is 0 Å². The molecular weight excluding hydrogens is 327 g/mol. The maximum absolute atomic E-state index is 14.3. The number of nitrogens with zero attached hydrogens (tertiary/aromatic N) is 2. The fourth-order valence-corrected chi connectivity index (χ4v) is 3.31. The van der Waals surface area contributed by atoms with E-state index in [9.17, 15) is 9.18 Å². The first-order chi connectivity index (χ1) is 9.58. The Hall–Kier alpha value is -1.56. The second-order valence-corrected chi connectivity index (χ2v) is 5.85. The van der Waals surface area contributed by atoms with Gasteiger partial charge in [-0.3, -0.25) is 0 Å². The Balaban J connectivity index is 1.92. The Bertz CT molecular complexity index is 658. The molecule has 20 heavy (non-hydrogen) atoms. The van der Waals surface area contributed by atoms with Gasteiger partial charge >= 0.3 is 6.09 Å². The standard InChI is InChI=1S/C14H14BrFN2O2/c15-10-2-1-3-12-9(10)4-7-18(12)13-5-6-17(14(19)20)8-11(13)16/h1-4,7,11,13H,5-6,8H2,(H,19,20)/t11-,13+/m0/s1. The van der Waals surface area contributed by atoms with Crippen LogP contribution in [0.25, 0.3) is 10.9 Å². The lowest BCUT2D eigenvalue weighted by Crippen LogP contribution is -2.44. The molecule has 106 valence electrons. The Labute approximate surface area is 123 Å². The molecule has 1 aromatic carbocycles. The van der Waals surface area contributed by atoms with Gasteiger partial charge in [-0.05, 0) is 24.6 Å². The summed E-state index contributed by atoms with van der Waals surface area (Å²) in [6, 6.07) is 7.47. The third kappa shape index (κ3) is 2.18. The summed E-state index contributed by atoms with van der Waals surface area (Å²) in [5, 5.41) is 9.97. The van der Waals surface area contributed by atoms with Crippen molar-refractivity contribution in [2.45, 2.75) is 18.6 Å². The third-order valence-electron chi connectivity index (χ3n) is 3.84. The van der Waals surface area contributed by atoms with Crippen LogP contribution in [0.5, 0.6) is 0 Å². The van der Waals surface area contributed by atoms with Crippen LogP contribution in [-0.4, -0.2) is 39.9 Å². The first-order valence-corrected chi connectivity index (χ1v) is 7.24. The van der Waals surface area contributed by atoms with Crippen LogP contribution in [0, 0.1) is 0 Å². The highest BCUT2D eigenvalue weighted by molar-refractivity contribution is 9.10. The molecule has 0 saturated carbocycles. The summed E-state index contributed by atoms with van der Waals surface area (Å²) in [7, 11) is 0.